The molecular weight excluding hydrogens is 510 g/mol. The van der Waals surface area contributed by atoms with Crippen LogP contribution < -0.4 is 0 Å². The molecule has 10 heteroatoms. The van der Waals surface area contributed by atoms with Crippen molar-refractivity contribution in [3.63, 3.8) is 0 Å². The number of Topliss-reactive ketones (excluding diaryl/α,β-unsaturated/α-hetero) is 1. The number of hydrogen-bond donors (Lipinski definition) is 1. The maximum Gasteiger partial charge on any atom is 0.348 e. The lowest BCUT2D eigenvalue weighted by molar-refractivity contribution is -0.149. The van der Waals surface area contributed by atoms with Crippen molar-refractivity contribution in [1.82, 2.24) is 4.90 Å². The molecule has 2 aliphatic rings. The van der Waals surface area contributed by atoms with E-state index in [1.165, 1.54) is 37.5 Å². The number of hydrogen-bond acceptors (Lipinski definition) is 8. The smallest absolute Gasteiger partial charge is 0.348 e. The van der Waals surface area contributed by atoms with Gasteiger partial charge in [-0.3, -0.25) is 4.79 Å². The summed E-state index contributed by atoms with van der Waals surface area (Å²) in [5, 5.41) is 10.8. The quantitative estimate of drug-likeness (QED) is 0.452. The van der Waals surface area contributed by atoms with Crippen LogP contribution in [0, 0.1) is 6.92 Å². The summed E-state index contributed by atoms with van der Waals surface area (Å²) in [5.41, 5.74) is 1.20. The SMILES string of the molecule is COC(=O)C1=CC(C(=O)c2cc(Cl)c(C)c(Br)c2O)=CN2C(C)=C(C)SC12C(=O)OC. The number of carbonyl (C=O) groups is 3. The predicted octanol–water partition coefficient (Wildman–Crippen LogP) is 4.47. The van der Waals surface area contributed by atoms with Crippen LogP contribution >= 0.6 is 39.3 Å². The molecule has 164 valence electrons. The predicted molar refractivity (Wildman–Crippen MR) is 121 cm³/mol. The molecule has 0 amide bonds. The Balaban J connectivity index is 2.24. The van der Waals surface area contributed by atoms with Gasteiger partial charge in [0.25, 0.3) is 0 Å². The van der Waals surface area contributed by atoms with Crippen molar-refractivity contribution in [3.8, 4) is 5.75 Å². The zero-order chi connectivity index (χ0) is 23.2. The fourth-order valence-electron chi connectivity index (χ4n) is 3.40. The fraction of sp³-hybridized carbons (Fsp3) is 0.286. The molecular formula is C21H19BrClNO6S. The Labute approximate surface area is 196 Å². The Hall–Kier alpha value is -2.23. The number of nitrogens with zero attached hydrogens (tertiary/aromatic N) is 1. The number of thioether (sulfide) groups is 1. The highest BCUT2D eigenvalue weighted by Gasteiger charge is 2.58. The van der Waals surface area contributed by atoms with Crippen molar-refractivity contribution in [3.05, 3.63) is 60.7 Å². The van der Waals surface area contributed by atoms with Crippen molar-refractivity contribution in [2.75, 3.05) is 14.2 Å². The van der Waals surface area contributed by atoms with Crippen LogP contribution in [0.25, 0.3) is 0 Å². The van der Waals surface area contributed by atoms with E-state index in [0.29, 0.717) is 15.7 Å². The lowest BCUT2D eigenvalue weighted by atomic mass is 9.92. The summed E-state index contributed by atoms with van der Waals surface area (Å²) in [6.07, 6.45) is 2.76. The number of benzene rings is 1. The maximum absolute atomic E-state index is 13.3. The molecule has 0 saturated heterocycles. The Kier molecular flexibility index (Phi) is 6.32. The van der Waals surface area contributed by atoms with Gasteiger partial charge in [-0.05, 0) is 54.4 Å². The monoisotopic (exact) mass is 527 g/mol. The summed E-state index contributed by atoms with van der Waals surface area (Å²) in [7, 11) is 2.41. The number of aromatic hydroxyl groups is 1. The zero-order valence-corrected chi connectivity index (χ0v) is 20.5. The van der Waals surface area contributed by atoms with E-state index in [-0.39, 0.29) is 27.5 Å². The number of phenolic OH excluding ortho intramolecular Hbond substituents is 1. The number of ketones is 1. The number of allylic oxidation sites excluding steroid dienone is 4. The van der Waals surface area contributed by atoms with Crippen LogP contribution in [-0.2, 0) is 19.1 Å². The second-order valence-corrected chi connectivity index (χ2v) is 9.51. The molecule has 0 spiro atoms. The molecule has 1 unspecified atom stereocenters. The van der Waals surface area contributed by atoms with E-state index in [1.54, 1.807) is 20.8 Å². The number of fused-ring (bicyclic) bond motifs is 1. The first-order valence-corrected chi connectivity index (χ1v) is 11.0. The van der Waals surface area contributed by atoms with Crippen molar-refractivity contribution < 1.29 is 29.0 Å². The summed E-state index contributed by atoms with van der Waals surface area (Å²) in [6, 6.07) is 1.36. The van der Waals surface area contributed by atoms with E-state index >= 15 is 0 Å². The molecule has 1 N–H and O–H groups in total. The third kappa shape index (κ3) is 3.48. The number of esters is 2. The fourth-order valence-corrected chi connectivity index (χ4v) is 5.55. The van der Waals surface area contributed by atoms with Crippen LogP contribution in [-0.4, -0.2) is 46.8 Å². The molecule has 2 heterocycles. The molecule has 0 bridgehead atoms. The topological polar surface area (TPSA) is 93.1 Å². The van der Waals surface area contributed by atoms with E-state index in [4.69, 9.17) is 21.1 Å². The first-order valence-electron chi connectivity index (χ1n) is 9.00. The van der Waals surface area contributed by atoms with Gasteiger partial charge in [0, 0.05) is 27.4 Å². The van der Waals surface area contributed by atoms with Gasteiger partial charge in [0.05, 0.1) is 29.8 Å². The van der Waals surface area contributed by atoms with Crippen LogP contribution in [0.5, 0.6) is 5.75 Å². The highest BCUT2D eigenvalue weighted by atomic mass is 79.9. The van der Waals surface area contributed by atoms with Gasteiger partial charge in [-0.25, -0.2) is 9.59 Å². The van der Waals surface area contributed by atoms with E-state index in [2.05, 4.69) is 15.9 Å². The van der Waals surface area contributed by atoms with Crippen molar-refractivity contribution in [1.29, 1.82) is 0 Å². The van der Waals surface area contributed by atoms with Crippen molar-refractivity contribution in [2.24, 2.45) is 0 Å². The molecule has 2 aliphatic heterocycles. The number of rotatable bonds is 4. The van der Waals surface area contributed by atoms with Crippen LogP contribution in [0.15, 0.2) is 44.6 Å². The van der Waals surface area contributed by atoms with Crippen LogP contribution in [0.2, 0.25) is 5.02 Å². The second-order valence-electron chi connectivity index (χ2n) is 6.91. The van der Waals surface area contributed by atoms with Gasteiger partial charge >= 0.3 is 11.9 Å². The highest BCUT2D eigenvalue weighted by molar-refractivity contribution is 9.10. The first-order chi connectivity index (χ1) is 14.5. The minimum atomic E-state index is -1.55. The molecule has 3 rings (SSSR count). The maximum atomic E-state index is 13.3. The molecule has 0 aliphatic carbocycles. The molecule has 0 radical (unpaired) electrons. The Morgan fingerprint density at radius 2 is 1.84 bits per heavy atom. The normalized spacial score (nSPS) is 20.2. The van der Waals surface area contributed by atoms with E-state index < -0.39 is 22.6 Å². The average molecular weight is 529 g/mol. The van der Waals surface area contributed by atoms with E-state index in [1.807, 2.05) is 0 Å². The van der Waals surface area contributed by atoms with Gasteiger partial charge < -0.3 is 19.5 Å². The summed E-state index contributed by atoms with van der Waals surface area (Å²) in [6.45, 7) is 5.26. The molecule has 1 aromatic carbocycles. The van der Waals surface area contributed by atoms with Crippen molar-refractivity contribution >= 4 is 57.0 Å². The molecule has 1 aromatic rings. The van der Waals surface area contributed by atoms with Crippen molar-refractivity contribution in [2.45, 2.75) is 25.6 Å². The lowest BCUT2D eigenvalue weighted by Gasteiger charge is -2.38. The van der Waals surface area contributed by atoms with Gasteiger partial charge in [-0.15, -0.1) is 0 Å². The van der Waals surface area contributed by atoms with Gasteiger partial charge in [-0.2, -0.15) is 0 Å². The molecule has 7 nitrogen and oxygen atoms in total. The number of carbonyl (C=O) groups excluding carboxylic acids is 3. The standard InChI is InChI=1S/C21H19BrClNO6S/c1-9-15(23)7-13(18(26)16(9)22)17(25)12-6-14(19(27)29-4)21(20(28)30-5)24(8-12)10(2)11(3)31-21/h6-8,26H,1-5H3. The molecule has 1 atom stereocenters. The molecule has 0 aromatic heterocycles. The third-order valence-electron chi connectivity index (χ3n) is 5.24. The minimum absolute atomic E-state index is 0.0510. The number of ether oxygens (including phenoxy) is 2. The third-order valence-corrected chi connectivity index (χ3v) is 8.08. The number of phenols is 1. The molecule has 0 saturated carbocycles. The average Bonchev–Trinajstić information content (AvgIpc) is 3.03. The summed E-state index contributed by atoms with van der Waals surface area (Å²) >= 11 is 10.6. The Morgan fingerprint density at radius 3 is 2.42 bits per heavy atom. The molecule has 31 heavy (non-hydrogen) atoms. The van der Waals surface area contributed by atoms with E-state index in [9.17, 15) is 19.5 Å². The summed E-state index contributed by atoms with van der Waals surface area (Å²) in [4.78, 5) is 39.7. The van der Waals surface area contributed by atoms with E-state index in [0.717, 1.165) is 16.7 Å². The minimum Gasteiger partial charge on any atom is -0.506 e. The van der Waals surface area contributed by atoms with Crippen LogP contribution in [0.4, 0.5) is 0 Å². The summed E-state index contributed by atoms with van der Waals surface area (Å²) in [5.74, 6) is -2.32. The lowest BCUT2D eigenvalue weighted by Crippen LogP contribution is -2.52. The van der Waals surface area contributed by atoms with Gasteiger partial charge in [0.15, 0.2) is 5.78 Å². The summed E-state index contributed by atoms with van der Waals surface area (Å²) < 4.78 is 10.2. The first kappa shape index (κ1) is 23.4. The molecule has 0 fully saturated rings. The second kappa shape index (κ2) is 8.37. The Bertz CT molecular complexity index is 1130. The largest absolute Gasteiger partial charge is 0.506 e. The van der Waals surface area contributed by atoms with Crippen LogP contribution in [0.1, 0.15) is 29.8 Å². The van der Waals surface area contributed by atoms with Gasteiger partial charge in [0.2, 0.25) is 4.87 Å². The Morgan fingerprint density at radius 1 is 1.19 bits per heavy atom. The van der Waals surface area contributed by atoms with Gasteiger partial charge in [-0.1, -0.05) is 23.4 Å². The highest BCUT2D eigenvalue weighted by Crippen LogP contribution is 2.53. The van der Waals surface area contributed by atoms with Crippen LogP contribution in [0.3, 0.4) is 0 Å². The van der Waals surface area contributed by atoms with Gasteiger partial charge in [0.1, 0.15) is 5.75 Å². The number of methoxy groups -OCH3 is 2. The number of halogens is 2. The zero-order valence-electron chi connectivity index (χ0n) is 17.3.